The molecule has 1 aromatic carbocycles. The maximum Gasteiger partial charge on any atom is 0.416 e. The Labute approximate surface area is 134 Å². The van der Waals surface area contributed by atoms with Crippen molar-refractivity contribution in [1.82, 2.24) is 9.62 Å². The van der Waals surface area contributed by atoms with E-state index in [4.69, 9.17) is 0 Å². The fraction of sp³-hybridized carbons (Fsp3) is 0.538. The van der Waals surface area contributed by atoms with Crippen LogP contribution in [-0.4, -0.2) is 38.9 Å². The quantitative estimate of drug-likeness (QED) is 0.831. The maximum absolute atomic E-state index is 12.8. The third-order valence-corrected chi connectivity index (χ3v) is 7.06. The number of hydrogen-bond donors (Lipinski definition) is 1. The van der Waals surface area contributed by atoms with Crippen molar-refractivity contribution in [2.24, 2.45) is 11.8 Å². The fourth-order valence-corrected chi connectivity index (χ4v) is 5.53. The molecule has 22 heavy (non-hydrogen) atoms. The number of fused-ring (bicyclic) bond motifs is 1. The van der Waals surface area contributed by atoms with Gasteiger partial charge in [-0.15, -0.1) is 0 Å². The average Bonchev–Trinajstić information content (AvgIpc) is 2.98. The zero-order valence-electron chi connectivity index (χ0n) is 11.4. The molecule has 1 N–H and O–H groups in total. The topological polar surface area (TPSA) is 49.4 Å². The van der Waals surface area contributed by atoms with Gasteiger partial charge in [-0.25, -0.2) is 8.42 Å². The predicted molar refractivity (Wildman–Crippen MR) is 77.8 cm³/mol. The normalized spacial score (nSPS) is 26.4. The lowest BCUT2D eigenvalue weighted by Crippen LogP contribution is -2.32. The maximum atomic E-state index is 12.8. The van der Waals surface area contributed by atoms with Crippen LogP contribution in [0.15, 0.2) is 27.6 Å². The van der Waals surface area contributed by atoms with E-state index in [0.717, 1.165) is 25.2 Å². The first kappa shape index (κ1) is 16.2. The molecule has 4 nitrogen and oxygen atoms in total. The Morgan fingerprint density at radius 1 is 1.18 bits per heavy atom. The van der Waals surface area contributed by atoms with Gasteiger partial charge in [0.2, 0.25) is 10.0 Å². The second kappa shape index (κ2) is 5.47. The van der Waals surface area contributed by atoms with Gasteiger partial charge in [0.1, 0.15) is 0 Å². The molecule has 0 spiro atoms. The molecule has 122 valence electrons. The Balaban J connectivity index is 1.96. The van der Waals surface area contributed by atoms with Gasteiger partial charge >= 0.3 is 6.18 Å². The molecule has 2 atom stereocenters. The van der Waals surface area contributed by atoms with Crippen molar-refractivity contribution < 1.29 is 21.6 Å². The van der Waals surface area contributed by atoms with Crippen LogP contribution in [0.4, 0.5) is 13.2 Å². The van der Waals surface area contributed by atoms with Gasteiger partial charge in [-0.05, 0) is 59.1 Å². The molecule has 0 aromatic heterocycles. The Bertz CT molecular complexity index is 681. The van der Waals surface area contributed by atoms with Crippen LogP contribution >= 0.6 is 15.9 Å². The lowest BCUT2D eigenvalue weighted by molar-refractivity contribution is -0.137. The van der Waals surface area contributed by atoms with Crippen molar-refractivity contribution >= 4 is 26.0 Å². The minimum Gasteiger partial charge on any atom is -0.316 e. The van der Waals surface area contributed by atoms with E-state index in [0.29, 0.717) is 19.2 Å². The van der Waals surface area contributed by atoms with Gasteiger partial charge in [0, 0.05) is 17.6 Å². The molecule has 0 saturated carbocycles. The molecule has 0 aliphatic carbocycles. The largest absolute Gasteiger partial charge is 0.416 e. The summed E-state index contributed by atoms with van der Waals surface area (Å²) in [4.78, 5) is -0.324. The highest BCUT2D eigenvalue weighted by atomic mass is 79.9. The van der Waals surface area contributed by atoms with Crippen LogP contribution in [0.25, 0.3) is 0 Å². The zero-order valence-corrected chi connectivity index (χ0v) is 13.8. The molecule has 2 fully saturated rings. The summed E-state index contributed by atoms with van der Waals surface area (Å²) in [5.74, 6) is 0.471. The number of halogens is 4. The summed E-state index contributed by atoms with van der Waals surface area (Å²) in [7, 11) is -3.94. The summed E-state index contributed by atoms with van der Waals surface area (Å²) in [5, 5.41) is 3.20. The van der Waals surface area contributed by atoms with Crippen molar-refractivity contribution in [3.8, 4) is 0 Å². The van der Waals surface area contributed by atoms with Gasteiger partial charge in [0.25, 0.3) is 0 Å². The van der Waals surface area contributed by atoms with Crippen LogP contribution in [0.3, 0.4) is 0 Å². The van der Waals surface area contributed by atoms with E-state index in [1.54, 1.807) is 0 Å². The highest BCUT2D eigenvalue weighted by molar-refractivity contribution is 9.10. The molecule has 2 heterocycles. The molecule has 3 rings (SSSR count). The number of nitrogens with one attached hydrogen (secondary N) is 1. The third-order valence-electron chi connectivity index (χ3n) is 4.23. The second-order valence-corrected chi connectivity index (χ2v) is 8.40. The zero-order chi connectivity index (χ0) is 16.1. The van der Waals surface area contributed by atoms with Crippen LogP contribution in [-0.2, 0) is 16.2 Å². The molecular formula is C13H14BrF3N2O2S. The van der Waals surface area contributed by atoms with E-state index in [-0.39, 0.29) is 21.2 Å². The Kier molecular flexibility index (Phi) is 4.03. The monoisotopic (exact) mass is 398 g/mol. The van der Waals surface area contributed by atoms with Gasteiger partial charge in [-0.3, -0.25) is 0 Å². The number of benzene rings is 1. The second-order valence-electron chi connectivity index (χ2n) is 5.64. The first-order valence-corrected chi connectivity index (χ1v) is 9.00. The van der Waals surface area contributed by atoms with E-state index in [1.165, 1.54) is 4.31 Å². The van der Waals surface area contributed by atoms with Crippen LogP contribution in [0.2, 0.25) is 0 Å². The Morgan fingerprint density at radius 2 is 1.77 bits per heavy atom. The highest BCUT2D eigenvalue weighted by Crippen LogP contribution is 2.37. The van der Waals surface area contributed by atoms with Gasteiger partial charge < -0.3 is 5.32 Å². The van der Waals surface area contributed by atoms with Crippen molar-refractivity contribution in [2.45, 2.75) is 11.1 Å². The van der Waals surface area contributed by atoms with Gasteiger partial charge in [0.05, 0.1) is 10.5 Å². The van der Waals surface area contributed by atoms with Crippen LogP contribution < -0.4 is 5.32 Å². The summed E-state index contributed by atoms with van der Waals surface area (Å²) in [5.41, 5.74) is -0.963. The summed E-state index contributed by atoms with van der Waals surface area (Å²) >= 11 is 3.06. The lowest BCUT2D eigenvalue weighted by Gasteiger charge is -2.19. The summed E-state index contributed by atoms with van der Waals surface area (Å²) in [6.07, 6.45) is -4.57. The smallest absolute Gasteiger partial charge is 0.316 e. The minimum atomic E-state index is -4.57. The van der Waals surface area contributed by atoms with Gasteiger partial charge in [0.15, 0.2) is 0 Å². The first-order chi connectivity index (χ1) is 10.2. The van der Waals surface area contributed by atoms with Crippen molar-refractivity contribution in [3.63, 3.8) is 0 Å². The summed E-state index contributed by atoms with van der Waals surface area (Å²) < 4.78 is 65.3. The van der Waals surface area contributed by atoms with Crippen LogP contribution in [0.1, 0.15) is 5.56 Å². The molecule has 2 aliphatic heterocycles. The van der Waals surface area contributed by atoms with E-state index >= 15 is 0 Å². The van der Waals surface area contributed by atoms with Gasteiger partial charge in [-0.1, -0.05) is 0 Å². The Morgan fingerprint density at radius 3 is 2.32 bits per heavy atom. The Hall–Kier alpha value is -0.640. The van der Waals surface area contributed by atoms with E-state index in [2.05, 4.69) is 21.2 Å². The van der Waals surface area contributed by atoms with Crippen molar-refractivity contribution in [3.05, 3.63) is 28.2 Å². The summed E-state index contributed by atoms with van der Waals surface area (Å²) in [6, 6.07) is 2.70. The summed E-state index contributed by atoms with van der Waals surface area (Å²) in [6.45, 7) is 2.20. The molecule has 0 unspecified atom stereocenters. The number of sulfonamides is 1. The average molecular weight is 399 g/mol. The van der Waals surface area contributed by atoms with Crippen molar-refractivity contribution in [2.75, 3.05) is 26.2 Å². The SMILES string of the molecule is O=S(=O)(c1cc(C(F)(F)F)ccc1Br)N1C[C@H]2CNC[C@H]2C1. The van der Waals surface area contributed by atoms with E-state index in [9.17, 15) is 21.6 Å². The molecule has 9 heteroatoms. The fourth-order valence-electron chi connectivity index (χ4n) is 3.03. The number of nitrogens with zero attached hydrogens (tertiary/aromatic N) is 1. The van der Waals surface area contributed by atoms with Gasteiger partial charge in [-0.2, -0.15) is 17.5 Å². The van der Waals surface area contributed by atoms with E-state index in [1.807, 2.05) is 0 Å². The minimum absolute atomic E-state index is 0.149. The lowest BCUT2D eigenvalue weighted by atomic mass is 10.0. The highest BCUT2D eigenvalue weighted by Gasteiger charge is 2.42. The van der Waals surface area contributed by atoms with Crippen molar-refractivity contribution in [1.29, 1.82) is 0 Å². The molecule has 0 amide bonds. The first-order valence-electron chi connectivity index (χ1n) is 6.77. The molecular weight excluding hydrogens is 385 g/mol. The molecule has 0 radical (unpaired) electrons. The predicted octanol–water partition coefficient (Wildman–Crippen LogP) is 2.31. The molecule has 2 aliphatic rings. The number of hydrogen-bond acceptors (Lipinski definition) is 3. The molecule has 2 saturated heterocycles. The molecule has 0 bridgehead atoms. The standard InChI is InChI=1S/C13H14BrF3N2O2S/c14-11-2-1-10(13(15,16)17)3-12(11)22(20,21)19-6-8-4-18-5-9(8)7-19/h1-3,8-9,18H,4-7H2/t8-,9+. The van der Waals surface area contributed by atoms with E-state index < -0.39 is 21.8 Å². The van der Waals surface area contributed by atoms with Crippen LogP contribution in [0, 0.1) is 11.8 Å². The van der Waals surface area contributed by atoms with Crippen LogP contribution in [0.5, 0.6) is 0 Å². The third kappa shape index (κ3) is 2.79. The number of alkyl halides is 3. The molecule has 1 aromatic rings. The number of rotatable bonds is 2.